The molecule has 1 saturated heterocycles. The van der Waals surface area contributed by atoms with Gasteiger partial charge in [0.2, 0.25) is 5.91 Å². The predicted molar refractivity (Wildman–Crippen MR) is 88.7 cm³/mol. The number of benzene rings is 2. The number of anilines is 2. The van der Waals surface area contributed by atoms with E-state index in [0.29, 0.717) is 11.3 Å². The summed E-state index contributed by atoms with van der Waals surface area (Å²) in [6.45, 7) is 0. The van der Waals surface area contributed by atoms with E-state index >= 15 is 0 Å². The van der Waals surface area contributed by atoms with Gasteiger partial charge in [0.1, 0.15) is 6.04 Å². The van der Waals surface area contributed by atoms with E-state index in [0.717, 1.165) is 10.6 Å². The summed E-state index contributed by atoms with van der Waals surface area (Å²) in [5.41, 5.74) is 1.85. The van der Waals surface area contributed by atoms with E-state index in [1.54, 1.807) is 24.3 Å². The fourth-order valence-corrected chi connectivity index (χ4v) is 2.69. The number of carbonyl (C=O) groups excluding carboxylic acids is 2. The minimum absolute atomic E-state index is 0.0879. The molecule has 0 spiro atoms. The molecule has 6 nitrogen and oxygen atoms in total. The molecule has 0 aliphatic carbocycles. The van der Waals surface area contributed by atoms with Gasteiger partial charge in [0.05, 0.1) is 18.5 Å². The SMILES string of the molecule is O=C(O)Cc1ccc(N2C(=O)CC(Nc3ccccc3)C2=O)cc1. The van der Waals surface area contributed by atoms with Crippen molar-refractivity contribution in [2.24, 2.45) is 0 Å². The Kier molecular flexibility index (Phi) is 4.29. The summed E-state index contributed by atoms with van der Waals surface area (Å²) in [6, 6.07) is 15.1. The average molecular weight is 324 g/mol. The molecule has 1 fully saturated rings. The maximum atomic E-state index is 12.5. The number of carboxylic acid groups (broad SMARTS) is 1. The van der Waals surface area contributed by atoms with Crippen molar-refractivity contribution in [2.45, 2.75) is 18.9 Å². The number of imide groups is 1. The van der Waals surface area contributed by atoms with Crippen molar-refractivity contribution in [1.29, 1.82) is 0 Å². The zero-order chi connectivity index (χ0) is 17.1. The van der Waals surface area contributed by atoms with Crippen LogP contribution in [0.2, 0.25) is 0 Å². The molecule has 0 bridgehead atoms. The van der Waals surface area contributed by atoms with Crippen molar-refractivity contribution in [2.75, 3.05) is 10.2 Å². The van der Waals surface area contributed by atoms with Crippen LogP contribution in [-0.2, 0) is 20.8 Å². The van der Waals surface area contributed by atoms with E-state index in [9.17, 15) is 14.4 Å². The van der Waals surface area contributed by atoms with Crippen LogP contribution in [0.25, 0.3) is 0 Å². The molecule has 2 N–H and O–H groups in total. The maximum absolute atomic E-state index is 12.5. The normalized spacial score (nSPS) is 17.2. The Labute approximate surface area is 138 Å². The Morgan fingerprint density at radius 2 is 1.75 bits per heavy atom. The summed E-state index contributed by atoms with van der Waals surface area (Å²) in [7, 11) is 0. The van der Waals surface area contributed by atoms with Crippen LogP contribution < -0.4 is 10.2 Å². The summed E-state index contributed by atoms with van der Waals surface area (Å²) in [4.78, 5) is 36.6. The zero-order valence-corrected chi connectivity index (χ0v) is 12.8. The molecular weight excluding hydrogens is 308 g/mol. The first-order chi connectivity index (χ1) is 11.5. The van der Waals surface area contributed by atoms with Crippen molar-refractivity contribution in [3.8, 4) is 0 Å². The lowest BCUT2D eigenvalue weighted by molar-refractivity contribution is -0.136. The molecule has 1 aliphatic rings. The lowest BCUT2D eigenvalue weighted by Crippen LogP contribution is -2.34. The number of nitrogens with zero attached hydrogens (tertiary/aromatic N) is 1. The topological polar surface area (TPSA) is 86.7 Å². The fourth-order valence-electron chi connectivity index (χ4n) is 2.69. The van der Waals surface area contributed by atoms with E-state index in [1.807, 2.05) is 30.3 Å². The first kappa shape index (κ1) is 15.7. The first-order valence-electron chi connectivity index (χ1n) is 7.54. The number of hydrogen-bond acceptors (Lipinski definition) is 4. The van der Waals surface area contributed by atoms with Gasteiger partial charge in [-0.3, -0.25) is 14.4 Å². The van der Waals surface area contributed by atoms with Gasteiger partial charge in [-0.15, -0.1) is 0 Å². The highest BCUT2D eigenvalue weighted by atomic mass is 16.4. The fraction of sp³-hybridized carbons (Fsp3) is 0.167. The molecular formula is C18H16N2O4. The van der Waals surface area contributed by atoms with Gasteiger partial charge in [-0.1, -0.05) is 30.3 Å². The minimum Gasteiger partial charge on any atom is -0.481 e. The van der Waals surface area contributed by atoms with Crippen LogP contribution in [0.3, 0.4) is 0 Å². The second-order valence-corrected chi connectivity index (χ2v) is 5.57. The molecule has 3 rings (SSSR count). The third-order valence-corrected chi connectivity index (χ3v) is 3.81. The predicted octanol–water partition coefficient (Wildman–Crippen LogP) is 2.06. The molecule has 0 radical (unpaired) electrons. The van der Waals surface area contributed by atoms with Gasteiger partial charge in [-0.2, -0.15) is 0 Å². The van der Waals surface area contributed by atoms with Gasteiger partial charge in [-0.25, -0.2) is 4.90 Å². The molecule has 24 heavy (non-hydrogen) atoms. The Morgan fingerprint density at radius 1 is 1.08 bits per heavy atom. The Bertz CT molecular complexity index is 771. The second kappa shape index (κ2) is 6.54. The van der Waals surface area contributed by atoms with Gasteiger partial charge in [0.15, 0.2) is 0 Å². The monoisotopic (exact) mass is 324 g/mol. The molecule has 2 aromatic carbocycles. The van der Waals surface area contributed by atoms with Crippen LogP contribution in [0.1, 0.15) is 12.0 Å². The molecule has 122 valence electrons. The molecule has 1 aliphatic heterocycles. The highest BCUT2D eigenvalue weighted by Gasteiger charge is 2.39. The molecule has 2 amide bonds. The zero-order valence-electron chi connectivity index (χ0n) is 12.8. The summed E-state index contributed by atoms with van der Waals surface area (Å²) < 4.78 is 0. The van der Waals surface area contributed by atoms with Crippen LogP contribution in [0, 0.1) is 0 Å². The number of carboxylic acids is 1. The van der Waals surface area contributed by atoms with Crippen molar-refractivity contribution >= 4 is 29.2 Å². The average Bonchev–Trinajstić information content (AvgIpc) is 2.83. The summed E-state index contributed by atoms with van der Waals surface area (Å²) >= 11 is 0. The van der Waals surface area contributed by atoms with Gasteiger partial charge < -0.3 is 10.4 Å². The van der Waals surface area contributed by atoms with Crippen LogP contribution >= 0.6 is 0 Å². The number of amides is 2. The number of aliphatic carboxylic acids is 1. The van der Waals surface area contributed by atoms with E-state index < -0.39 is 12.0 Å². The number of carbonyl (C=O) groups is 3. The third-order valence-electron chi connectivity index (χ3n) is 3.81. The number of para-hydroxylation sites is 1. The third kappa shape index (κ3) is 3.27. The molecule has 0 aromatic heterocycles. The first-order valence-corrected chi connectivity index (χ1v) is 7.54. The molecule has 1 atom stereocenters. The van der Waals surface area contributed by atoms with Gasteiger partial charge in [0, 0.05) is 5.69 Å². The second-order valence-electron chi connectivity index (χ2n) is 5.57. The molecule has 6 heteroatoms. The molecule has 0 saturated carbocycles. The lowest BCUT2D eigenvalue weighted by Gasteiger charge is -2.16. The van der Waals surface area contributed by atoms with E-state index in [2.05, 4.69) is 5.32 Å². The number of hydrogen-bond donors (Lipinski definition) is 2. The van der Waals surface area contributed by atoms with Crippen molar-refractivity contribution < 1.29 is 19.5 Å². The van der Waals surface area contributed by atoms with Crippen LogP contribution in [-0.4, -0.2) is 28.9 Å². The summed E-state index contributed by atoms with van der Waals surface area (Å²) in [5, 5.41) is 11.8. The minimum atomic E-state index is -0.928. The standard InChI is InChI=1S/C18H16N2O4/c21-16-11-15(19-13-4-2-1-3-5-13)18(24)20(16)14-8-6-12(7-9-14)10-17(22)23/h1-9,15,19H,10-11H2,(H,22,23). The van der Waals surface area contributed by atoms with Gasteiger partial charge in [-0.05, 0) is 29.8 Å². The highest BCUT2D eigenvalue weighted by Crippen LogP contribution is 2.25. The summed E-state index contributed by atoms with van der Waals surface area (Å²) in [6.07, 6.45) is -0.00896. The Morgan fingerprint density at radius 3 is 2.38 bits per heavy atom. The van der Waals surface area contributed by atoms with Crippen molar-refractivity contribution in [3.05, 3.63) is 60.2 Å². The number of nitrogens with one attached hydrogen (secondary N) is 1. The van der Waals surface area contributed by atoms with Gasteiger partial charge >= 0.3 is 5.97 Å². The van der Waals surface area contributed by atoms with Crippen LogP contribution in [0.4, 0.5) is 11.4 Å². The van der Waals surface area contributed by atoms with Gasteiger partial charge in [0.25, 0.3) is 5.91 Å². The highest BCUT2D eigenvalue weighted by molar-refractivity contribution is 6.23. The Hall–Kier alpha value is -3.15. The molecule has 2 aromatic rings. The number of rotatable bonds is 5. The lowest BCUT2D eigenvalue weighted by atomic mass is 10.1. The van der Waals surface area contributed by atoms with E-state index in [-0.39, 0.29) is 24.7 Å². The smallest absolute Gasteiger partial charge is 0.307 e. The van der Waals surface area contributed by atoms with Crippen LogP contribution in [0.15, 0.2) is 54.6 Å². The van der Waals surface area contributed by atoms with Crippen LogP contribution in [0.5, 0.6) is 0 Å². The maximum Gasteiger partial charge on any atom is 0.307 e. The van der Waals surface area contributed by atoms with E-state index in [4.69, 9.17) is 5.11 Å². The molecule has 1 heterocycles. The van der Waals surface area contributed by atoms with Crippen molar-refractivity contribution in [1.82, 2.24) is 0 Å². The largest absolute Gasteiger partial charge is 0.481 e. The van der Waals surface area contributed by atoms with E-state index in [1.165, 1.54) is 0 Å². The van der Waals surface area contributed by atoms with Crippen molar-refractivity contribution in [3.63, 3.8) is 0 Å². The molecule has 1 unspecified atom stereocenters. The quantitative estimate of drug-likeness (QED) is 0.822. The Balaban J connectivity index is 1.75. The summed E-state index contributed by atoms with van der Waals surface area (Å²) in [5.74, 6) is -1.52.